The van der Waals surface area contributed by atoms with Gasteiger partial charge in [-0.3, -0.25) is 0 Å². The zero-order valence-corrected chi connectivity index (χ0v) is 15.7. The number of benzene rings is 2. The molecule has 3 atom stereocenters. The van der Waals surface area contributed by atoms with Crippen LogP contribution in [0, 0.1) is 12.7 Å². The number of hydrogen-bond acceptors (Lipinski definition) is 3. The molecule has 0 saturated carbocycles. The number of hydrogen-bond donors (Lipinski definition) is 2. The fourth-order valence-electron chi connectivity index (χ4n) is 4.69. The average Bonchev–Trinajstić information content (AvgIpc) is 3.16. The highest BCUT2D eigenvalue weighted by Gasteiger charge is 2.31. The second-order valence-electron chi connectivity index (χ2n) is 7.92. The quantitative estimate of drug-likeness (QED) is 0.861. The van der Waals surface area contributed by atoms with Crippen molar-refractivity contribution in [3.05, 3.63) is 69.5 Å². The lowest BCUT2D eigenvalue weighted by molar-refractivity contribution is -0.114. The van der Waals surface area contributed by atoms with Crippen LogP contribution in [0.25, 0.3) is 0 Å². The van der Waals surface area contributed by atoms with Crippen LogP contribution in [-0.4, -0.2) is 29.0 Å². The molecule has 0 radical (unpaired) electrons. The molecule has 144 valence electrons. The van der Waals surface area contributed by atoms with Gasteiger partial charge in [-0.2, -0.15) is 0 Å². The minimum atomic E-state index is -0.450. The van der Waals surface area contributed by atoms with Crippen molar-refractivity contribution in [2.24, 2.45) is 0 Å². The van der Waals surface area contributed by atoms with Crippen LogP contribution in [-0.2, 0) is 24.0 Å². The minimum Gasteiger partial charge on any atom is -0.394 e. The normalized spacial score (nSPS) is 24.8. The van der Waals surface area contributed by atoms with Crippen LogP contribution in [0.5, 0.6) is 0 Å². The average molecular weight is 370 g/mol. The highest BCUT2D eigenvalue weighted by Crippen LogP contribution is 2.39. The fourth-order valence-corrected chi connectivity index (χ4v) is 4.69. The zero-order valence-electron chi connectivity index (χ0n) is 15.7. The topological polar surface area (TPSA) is 49.7 Å². The molecule has 2 N–H and O–H groups in total. The summed E-state index contributed by atoms with van der Waals surface area (Å²) in [4.78, 5) is 0. The Labute approximate surface area is 159 Å². The molecule has 27 heavy (non-hydrogen) atoms. The molecule has 2 aromatic carbocycles. The molecule has 1 heterocycles. The van der Waals surface area contributed by atoms with Crippen LogP contribution in [0.1, 0.15) is 58.7 Å². The van der Waals surface area contributed by atoms with Crippen molar-refractivity contribution < 1.29 is 19.3 Å². The number of halogens is 1. The molecule has 2 aromatic rings. The zero-order chi connectivity index (χ0) is 19.0. The molecule has 1 aliphatic carbocycles. The Morgan fingerprint density at radius 1 is 1.11 bits per heavy atom. The van der Waals surface area contributed by atoms with Crippen molar-refractivity contribution in [1.29, 1.82) is 0 Å². The lowest BCUT2D eigenvalue weighted by Crippen LogP contribution is -2.34. The van der Waals surface area contributed by atoms with E-state index in [9.17, 15) is 14.6 Å². The molecule has 3 unspecified atom stereocenters. The lowest BCUT2D eigenvalue weighted by atomic mass is 9.86. The van der Waals surface area contributed by atoms with Gasteiger partial charge in [0, 0.05) is 12.8 Å². The van der Waals surface area contributed by atoms with Gasteiger partial charge in [0.2, 0.25) is 0 Å². The number of fused-ring (bicyclic) bond motifs is 1. The van der Waals surface area contributed by atoms with Crippen molar-refractivity contribution in [2.45, 2.75) is 63.8 Å². The molecule has 4 heteroatoms. The standard InChI is InChI=1S/C23H27FO3/c1-14-20-3-2-4-21(20)16(9-15-5-7-17(24)8-6-15)10-22(14)23-12-18(26)11-19(13-25)27-23/h5-8,10,18-19,23,25-26H,2-4,9,11-13H2,1H3. The molecule has 3 nitrogen and oxygen atoms in total. The smallest absolute Gasteiger partial charge is 0.123 e. The maximum absolute atomic E-state index is 13.3. The third kappa shape index (κ3) is 3.79. The first-order valence-electron chi connectivity index (χ1n) is 9.88. The van der Waals surface area contributed by atoms with E-state index in [1.165, 1.54) is 34.4 Å². The summed E-state index contributed by atoms with van der Waals surface area (Å²) in [5.41, 5.74) is 7.60. The summed E-state index contributed by atoms with van der Waals surface area (Å²) >= 11 is 0. The molecule has 0 spiro atoms. The van der Waals surface area contributed by atoms with Crippen LogP contribution >= 0.6 is 0 Å². The first kappa shape index (κ1) is 18.6. The highest BCUT2D eigenvalue weighted by molar-refractivity contribution is 5.50. The summed E-state index contributed by atoms with van der Waals surface area (Å²) in [5.74, 6) is -0.215. The van der Waals surface area contributed by atoms with E-state index >= 15 is 0 Å². The minimum absolute atomic E-state index is 0.0695. The molecule has 0 bridgehead atoms. The van der Waals surface area contributed by atoms with Crippen molar-refractivity contribution >= 4 is 0 Å². The number of ether oxygens (including phenoxy) is 1. The maximum atomic E-state index is 13.3. The van der Waals surface area contributed by atoms with Gasteiger partial charge in [-0.15, -0.1) is 0 Å². The van der Waals surface area contributed by atoms with E-state index in [1.807, 2.05) is 12.1 Å². The van der Waals surface area contributed by atoms with Crippen LogP contribution in [0.2, 0.25) is 0 Å². The highest BCUT2D eigenvalue weighted by atomic mass is 19.1. The second kappa shape index (κ2) is 7.70. The van der Waals surface area contributed by atoms with E-state index < -0.39 is 6.10 Å². The number of aliphatic hydroxyl groups is 2. The molecule has 0 aromatic heterocycles. The largest absolute Gasteiger partial charge is 0.394 e. The van der Waals surface area contributed by atoms with Crippen molar-refractivity contribution in [3.8, 4) is 0 Å². The first-order valence-corrected chi connectivity index (χ1v) is 9.88. The van der Waals surface area contributed by atoms with Crippen LogP contribution in [0.15, 0.2) is 30.3 Å². The Balaban J connectivity index is 1.71. The van der Waals surface area contributed by atoms with E-state index in [-0.39, 0.29) is 24.6 Å². The SMILES string of the molecule is Cc1c(C2CC(O)CC(CO)O2)cc(Cc2ccc(F)cc2)c2c1CCC2. The first-order chi connectivity index (χ1) is 13.0. The van der Waals surface area contributed by atoms with Gasteiger partial charge in [0.15, 0.2) is 0 Å². The number of rotatable bonds is 4. The lowest BCUT2D eigenvalue weighted by Gasteiger charge is -2.34. The molecule has 1 aliphatic heterocycles. The predicted molar refractivity (Wildman–Crippen MR) is 102 cm³/mol. The van der Waals surface area contributed by atoms with Gasteiger partial charge in [0.25, 0.3) is 0 Å². The Kier molecular flexibility index (Phi) is 5.31. The Hall–Kier alpha value is -1.75. The van der Waals surface area contributed by atoms with Gasteiger partial charge in [0.05, 0.1) is 24.9 Å². The van der Waals surface area contributed by atoms with E-state index in [4.69, 9.17) is 4.74 Å². The molecular weight excluding hydrogens is 343 g/mol. The molecule has 2 aliphatic rings. The third-order valence-corrected chi connectivity index (χ3v) is 6.06. The van der Waals surface area contributed by atoms with Gasteiger partial charge >= 0.3 is 0 Å². The van der Waals surface area contributed by atoms with Crippen LogP contribution in [0.3, 0.4) is 0 Å². The summed E-state index contributed by atoms with van der Waals surface area (Å²) in [6.07, 6.45) is 4.18. The summed E-state index contributed by atoms with van der Waals surface area (Å²) in [7, 11) is 0. The Morgan fingerprint density at radius 3 is 2.59 bits per heavy atom. The van der Waals surface area contributed by atoms with Gasteiger partial charge in [0.1, 0.15) is 5.82 Å². The molecule has 0 amide bonds. The Morgan fingerprint density at radius 2 is 1.85 bits per heavy atom. The molecule has 1 saturated heterocycles. The van der Waals surface area contributed by atoms with Crippen molar-refractivity contribution in [2.75, 3.05) is 6.61 Å². The molecular formula is C23H27FO3. The monoisotopic (exact) mass is 370 g/mol. The van der Waals surface area contributed by atoms with E-state index in [2.05, 4.69) is 13.0 Å². The third-order valence-electron chi connectivity index (χ3n) is 6.06. The van der Waals surface area contributed by atoms with Crippen LogP contribution < -0.4 is 0 Å². The van der Waals surface area contributed by atoms with E-state index in [1.54, 1.807) is 0 Å². The van der Waals surface area contributed by atoms with Gasteiger partial charge in [-0.05, 0) is 78.1 Å². The summed E-state index contributed by atoms with van der Waals surface area (Å²) in [6.45, 7) is 2.08. The number of aliphatic hydroxyl groups excluding tert-OH is 2. The van der Waals surface area contributed by atoms with Gasteiger partial charge < -0.3 is 14.9 Å². The van der Waals surface area contributed by atoms with Gasteiger partial charge in [-0.1, -0.05) is 18.2 Å². The maximum Gasteiger partial charge on any atom is 0.123 e. The van der Waals surface area contributed by atoms with E-state index in [0.29, 0.717) is 12.8 Å². The van der Waals surface area contributed by atoms with E-state index in [0.717, 1.165) is 36.8 Å². The molecule has 1 fully saturated rings. The van der Waals surface area contributed by atoms with Crippen molar-refractivity contribution in [3.63, 3.8) is 0 Å². The fraction of sp³-hybridized carbons (Fsp3) is 0.478. The van der Waals surface area contributed by atoms with Crippen LogP contribution in [0.4, 0.5) is 4.39 Å². The predicted octanol–water partition coefficient (Wildman–Crippen LogP) is 3.79. The summed E-state index contributed by atoms with van der Waals surface area (Å²) in [5, 5.41) is 19.7. The van der Waals surface area contributed by atoms with Crippen molar-refractivity contribution in [1.82, 2.24) is 0 Å². The van der Waals surface area contributed by atoms with Gasteiger partial charge in [-0.25, -0.2) is 4.39 Å². The second-order valence-corrected chi connectivity index (χ2v) is 7.92. The Bertz CT molecular complexity index is 815. The summed E-state index contributed by atoms with van der Waals surface area (Å²) in [6, 6.07) is 8.94. The molecule has 4 rings (SSSR count). The summed E-state index contributed by atoms with van der Waals surface area (Å²) < 4.78 is 19.3.